The smallest absolute Gasteiger partial charge is 0.309 e. The number of carbonyl (C=O) groups excluding carboxylic acids is 4. The summed E-state index contributed by atoms with van der Waals surface area (Å²) < 4.78 is 35.0. The van der Waals surface area contributed by atoms with Gasteiger partial charge in [0.2, 0.25) is 0 Å². The van der Waals surface area contributed by atoms with Gasteiger partial charge in [0, 0.05) is 60.5 Å². The van der Waals surface area contributed by atoms with Gasteiger partial charge in [-0.05, 0) is 58.8 Å². The Hall–Kier alpha value is -2.34. The van der Waals surface area contributed by atoms with Crippen molar-refractivity contribution in [1.29, 1.82) is 0 Å². The highest BCUT2D eigenvalue weighted by Crippen LogP contribution is 2.40. The van der Waals surface area contributed by atoms with E-state index in [0.717, 1.165) is 19.3 Å². The van der Waals surface area contributed by atoms with E-state index in [2.05, 4.69) is 58.8 Å². The molecule has 17 heteroatoms. The molecule has 1 rings (SSSR count). The van der Waals surface area contributed by atoms with Crippen molar-refractivity contribution in [2.24, 2.45) is 17.3 Å². The van der Waals surface area contributed by atoms with Gasteiger partial charge < -0.3 is 28.4 Å². The van der Waals surface area contributed by atoms with Crippen LogP contribution in [0.1, 0.15) is 148 Å². The molecular formula is C47H85BN4O10S2. The number of hydrogen-bond acceptors (Lipinski definition) is 15. The van der Waals surface area contributed by atoms with Crippen LogP contribution in [0.2, 0.25) is 5.31 Å². The number of thioether (sulfide) groups is 2. The Balaban J connectivity index is 2.74. The molecule has 1 heterocycles. The molecule has 0 aliphatic heterocycles. The minimum Gasteiger partial charge on any atom is -0.462 e. The van der Waals surface area contributed by atoms with Gasteiger partial charge in [0.1, 0.15) is 26.4 Å². The minimum atomic E-state index is -0.467. The Labute approximate surface area is 396 Å². The molecule has 0 saturated heterocycles. The van der Waals surface area contributed by atoms with Crippen molar-refractivity contribution in [3.8, 4) is 0 Å². The van der Waals surface area contributed by atoms with Crippen LogP contribution in [0.5, 0.6) is 0 Å². The maximum absolute atomic E-state index is 12.8. The van der Waals surface area contributed by atoms with Crippen LogP contribution in [0.15, 0.2) is 6.20 Å². The lowest BCUT2D eigenvalue weighted by atomic mass is 9.67. The van der Waals surface area contributed by atoms with Crippen LogP contribution in [-0.2, 0) is 60.7 Å². The first-order chi connectivity index (χ1) is 29.3. The van der Waals surface area contributed by atoms with Crippen LogP contribution in [0.4, 0.5) is 0 Å². The quantitative estimate of drug-likeness (QED) is 0.0286. The van der Waals surface area contributed by atoms with Gasteiger partial charge >= 0.3 is 23.9 Å². The largest absolute Gasteiger partial charge is 0.462 e. The topological polar surface area (TPSA) is 158 Å². The normalized spacial score (nSPS) is 14.0. The lowest BCUT2D eigenvalue weighted by Gasteiger charge is -2.32. The third-order valence-corrected chi connectivity index (χ3v) is 13.4. The predicted molar refractivity (Wildman–Crippen MR) is 259 cm³/mol. The third-order valence-electron chi connectivity index (χ3n) is 10.2. The van der Waals surface area contributed by atoms with Gasteiger partial charge in [0.25, 0.3) is 0 Å². The number of rotatable bonds is 33. The van der Waals surface area contributed by atoms with Crippen LogP contribution in [0.3, 0.4) is 0 Å². The molecule has 0 N–H and O–H groups in total. The first-order valence-electron chi connectivity index (χ1n) is 22.8. The van der Waals surface area contributed by atoms with Gasteiger partial charge in [-0.1, -0.05) is 86.7 Å². The van der Waals surface area contributed by atoms with Gasteiger partial charge in [-0.25, -0.2) is 0 Å². The number of nitrogens with zero attached hydrogens (tertiary/aromatic N) is 4. The summed E-state index contributed by atoms with van der Waals surface area (Å²) in [6.45, 7) is 32.8. The van der Waals surface area contributed by atoms with E-state index >= 15 is 0 Å². The Morgan fingerprint density at radius 3 is 1.61 bits per heavy atom. The molecular weight excluding hydrogens is 855 g/mol. The average Bonchev–Trinajstić information content (AvgIpc) is 3.61. The molecule has 64 heavy (non-hydrogen) atoms. The second-order valence-corrected chi connectivity index (χ2v) is 24.9. The Kier molecular flexibility index (Phi) is 25.6. The first kappa shape index (κ1) is 59.7. The van der Waals surface area contributed by atoms with Crippen molar-refractivity contribution in [2.45, 2.75) is 181 Å². The van der Waals surface area contributed by atoms with Crippen molar-refractivity contribution < 1.29 is 47.6 Å². The van der Waals surface area contributed by atoms with Crippen molar-refractivity contribution >= 4 is 55.2 Å². The molecule has 2 unspecified atom stereocenters. The van der Waals surface area contributed by atoms with E-state index in [9.17, 15) is 19.2 Å². The standard InChI is InChI=1S/C47H85BN4O10S2/c1-35(31-63-46(12,13)33-42(3,4)5)40(55)60-27-25-58-38(53)17-21-51(29-37-30-52(50-49-37)23-19-45(10,11)62-24-20-44(8,9)57-16)22-18-39(54)59-26-28-61-41(56)36(2)32-64-47(14,15)34-43(6,7)48/h30,35-36H,17-29,31-34H2,1-16H3. The van der Waals surface area contributed by atoms with E-state index in [1.54, 1.807) is 35.3 Å². The molecule has 0 aromatic carbocycles. The summed E-state index contributed by atoms with van der Waals surface area (Å²) in [6.07, 6.45) is 5.18. The van der Waals surface area contributed by atoms with Gasteiger partial charge in [-0.3, -0.25) is 28.8 Å². The molecule has 0 spiro atoms. The summed E-state index contributed by atoms with van der Waals surface area (Å²) in [5, 5.41) is 8.36. The van der Waals surface area contributed by atoms with E-state index in [0.29, 0.717) is 43.3 Å². The fraction of sp³-hybridized carbons (Fsp3) is 0.872. The number of aromatic nitrogens is 3. The molecule has 368 valence electrons. The number of aryl methyl sites for hydroxylation is 1. The SMILES string of the molecule is [B]C(C)(C)CC(C)(C)SCC(C)C(=O)OCCOC(=O)CCN(CCC(=O)OCCOC(=O)C(C)CSC(C)(C)CC(C)(C)C)Cc1cn(CCC(C)(C)OCCC(C)(C)OC)nn1. The van der Waals surface area contributed by atoms with Gasteiger partial charge in [-0.15, -0.1) is 5.10 Å². The van der Waals surface area contributed by atoms with E-state index in [1.807, 2.05) is 66.5 Å². The van der Waals surface area contributed by atoms with Crippen LogP contribution in [0.25, 0.3) is 0 Å². The molecule has 2 radical (unpaired) electrons. The maximum atomic E-state index is 12.8. The number of carbonyl (C=O) groups is 4. The van der Waals surface area contributed by atoms with Gasteiger partial charge in [0.05, 0.1) is 56.0 Å². The number of methoxy groups -OCH3 is 1. The molecule has 0 bridgehead atoms. The Bertz CT molecular complexity index is 1480. The Morgan fingerprint density at radius 1 is 0.688 bits per heavy atom. The monoisotopic (exact) mass is 941 g/mol. The van der Waals surface area contributed by atoms with Crippen molar-refractivity contribution in [1.82, 2.24) is 19.9 Å². The zero-order valence-corrected chi connectivity index (χ0v) is 44.2. The number of ether oxygens (including phenoxy) is 6. The summed E-state index contributed by atoms with van der Waals surface area (Å²) in [5.41, 5.74) is 0.191. The molecule has 0 fully saturated rings. The first-order valence-corrected chi connectivity index (χ1v) is 24.8. The molecule has 0 aliphatic rings. The van der Waals surface area contributed by atoms with E-state index in [-0.39, 0.29) is 102 Å². The summed E-state index contributed by atoms with van der Waals surface area (Å²) in [5.74, 6) is -1.00. The highest BCUT2D eigenvalue weighted by atomic mass is 32.2. The summed E-state index contributed by atoms with van der Waals surface area (Å²) in [4.78, 5) is 52.8. The van der Waals surface area contributed by atoms with Crippen molar-refractivity contribution in [2.75, 3.05) is 64.7 Å². The average molecular weight is 941 g/mol. The molecule has 0 saturated carbocycles. The highest BCUT2D eigenvalue weighted by Gasteiger charge is 2.29. The van der Waals surface area contributed by atoms with E-state index in [1.165, 1.54) is 0 Å². The molecule has 14 nitrogen and oxygen atoms in total. The lowest BCUT2D eigenvalue weighted by Crippen LogP contribution is -2.31. The van der Waals surface area contributed by atoms with Crippen LogP contribution >= 0.6 is 23.5 Å². The zero-order chi connectivity index (χ0) is 49.0. The second kappa shape index (κ2) is 27.5. The molecule has 0 amide bonds. The molecule has 2 atom stereocenters. The third kappa shape index (κ3) is 29.3. The lowest BCUT2D eigenvalue weighted by molar-refractivity contribution is -0.154. The fourth-order valence-electron chi connectivity index (χ4n) is 6.99. The highest BCUT2D eigenvalue weighted by molar-refractivity contribution is 8.00. The molecule has 0 aliphatic carbocycles. The fourth-order valence-corrected chi connectivity index (χ4v) is 9.67. The zero-order valence-electron chi connectivity index (χ0n) is 42.5. The van der Waals surface area contributed by atoms with Crippen molar-refractivity contribution in [3.63, 3.8) is 0 Å². The van der Waals surface area contributed by atoms with E-state index in [4.69, 9.17) is 36.3 Å². The minimum absolute atomic E-state index is 0.0251. The van der Waals surface area contributed by atoms with Crippen LogP contribution < -0.4 is 0 Å². The molecule has 1 aromatic rings. The number of esters is 4. The number of hydrogen-bond donors (Lipinski definition) is 0. The van der Waals surface area contributed by atoms with E-state index < -0.39 is 17.5 Å². The second-order valence-electron chi connectivity index (χ2n) is 21.4. The Morgan fingerprint density at radius 2 is 1.16 bits per heavy atom. The predicted octanol–water partition coefficient (Wildman–Crippen LogP) is 8.52. The van der Waals surface area contributed by atoms with Crippen LogP contribution in [-0.4, -0.2) is 137 Å². The van der Waals surface area contributed by atoms with Gasteiger partial charge in [-0.2, -0.15) is 23.5 Å². The molecule has 1 aromatic heterocycles. The van der Waals surface area contributed by atoms with Gasteiger partial charge in [0.15, 0.2) is 0 Å². The summed E-state index contributed by atoms with van der Waals surface area (Å²) in [6, 6.07) is 0. The summed E-state index contributed by atoms with van der Waals surface area (Å²) >= 11 is 3.44. The summed E-state index contributed by atoms with van der Waals surface area (Å²) in [7, 11) is 7.90. The van der Waals surface area contributed by atoms with Crippen LogP contribution in [0, 0.1) is 17.3 Å². The maximum Gasteiger partial charge on any atom is 0.309 e. The van der Waals surface area contributed by atoms with Crippen molar-refractivity contribution in [3.05, 3.63) is 11.9 Å².